The largest absolute Gasteiger partial charge is 0.313 e. The van der Waals surface area contributed by atoms with E-state index in [0.717, 1.165) is 51.4 Å². The highest BCUT2D eigenvalue weighted by Gasteiger charge is 2.45. The van der Waals surface area contributed by atoms with Crippen molar-refractivity contribution in [2.45, 2.75) is 116 Å². The van der Waals surface area contributed by atoms with Crippen molar-refractivity contribution in [3.8, 4) is 0 Å². The Balaban J connectivity index is 2.02. The number of carbonyl (C=O) groups excluding carboxylic acids is 1. The summed E-state index contributed by atoms with van der Waals surface area (Å²) in [5, 5.41) is 0. The molecule has 5 nitrogen and oxygen atoms in total. The van der Waals surface area contributed by atoms with Crippen LogP contribution in [0.1, 0.15) is 104 Å². The maximum absolute atomic E-state index is 13.4. The van der Waals surface area contributed by atoms with Gasteiger partial charge in [0.2, 0.25) is 0 Å². The first-order valence-electron chi connectivity index (χ1n) is 12.3. The normalized spacial score (nSPS) is 32.7. The lowest BCUT2D eigenvalue weighted by molar-refractivity contribution is -0.129. The Hall–Kier alpha value is -0.490. The van der Waals surface area contributed by atoms with Crippen LogP contribution < -0.4 is 22.9 Å². The number of carbonyl (C=O) groups is 1. The monoisotopic (exact) mass is 408 g/mol. The molecule has 2 aliphatic carbocycles. The number of rotatable bonds is 10. The van der Waals surface area contributed by atoms with Crippen molar-refractivity contribution >= 4 is 5.78 Å². The number of hydrogen-bond donors (Lipinski definition) is 4. The summed E-state index contributed by atoms with van der Waals surface area (Å²) in [5.41, 5.74) is 24.0. The summed E-state index contributed by atoms with van der Waals surface area (Å²) >= 11 is 0. The van der Waals surface area contributed by atoms with Gasteiger partial charge in [0.1, 0.15) is 5.78 Å². The number of nitrogens with two attached hydrogens (primary N) is 4. The summed E-state index contributed by atoms with van der Waals surface area (Å²) in [6, 6.07) is 0. The second-order valence-electron chi connectivity index (χ2n) is 10.6. The van der Waals surface area contributed by atoms with Crippen molar-refractivity contribution in [3.05, 3.63) is 0 Å². The zero-order valence-electron chi connectivity index (χ0n) is 19.3. The van der Waals surface area contributed by atoms with Gasteiger partial charge in [-0.25, -0.2) is 0 Å². The van der Waals surface area contributed by atoms with Gasteiger partial charge in [-0.2, -0.15) is 0 Å². The van der Waals surface area contributed by atoms with Gasteiger partial charge in [-0.3, -0.25) is 4.79 Å². The molecule has 0 aromatic heterocycles. The Morgan fingerprint density at radius 2 is 1.28 bits per heavy atom. The molecule has 5 heteroatoms. The number of ketones is 1. The molecule has 0 aromatic rings. The molecule has 0 heterocycles. The molecule has 0 amide bonds. The highest BCUT2D eigenvalue weighted by Crippen LogP contribution is 2.45. The van der Waals surface area contributed by atoms with Crippen LogP contribution in [0.2, 0.25) is 0 Å². The fourth-order valence-corrected chi connectivity index (χ4v) is 5.76. The highest BCUT2D eigenvalue weighted by atomic mass is 16.1. The minimum Gasteiger partial charge on any atom is -0.313 e. The average Bonchev–Trinajstić information content (AvgIpc) is 2.64. The minimum absolute atomic E-state index is 0.128. The molecule has 170 valence electrons. The molecule has 0 radical (unpaired) electrons. The second-order valence-corrected chi connectivity index (χ2v) is 10.6. The molecule has 2 fully saturated rings. The fourth-order valence-electron chi connectivity index (χ4n) is 5.76. The quantitative estimate of drug-likeness (QED) is 0.321. The SMILES string of the molecule is CCCCCCCCC(=O)C(C1CCC(N)(N)C(C)C1)C1CCC(N)(N)C(C)C1. The maximum atomic E-state index is 13.4. The van der Waals surface area contributed by atoms with E-state index in [-0.39, 0.29) is 17.8 Å². The van der Waals surface area contributed by atoms with Crippen molar-refractivity contribution in [3.63, 3.8) is 0 Å². The molecule has 0 aliphatic heterocycles. The van der Waals surface area contributed by atoms with Crippen molar-refractivity contribution in [2.75, 3.05) is 0 Å². The fraction of sp³-hybridized carbons (Fsp3) is 0.958. The van der Waals surface area contributed by atoms with Crippen LogP contribution in [0.3, 0.4) is 0 Å². The van der Waals surface area contributed by atoms with Gasteiger partial charge in [-0.1, -0.05) is 52.9 Å². The van der Waals surface area contributed by atoms with Crippen LogP contribution in [0.25, 0.3) is 0 Å². The third-order valence-electron chi connectivity index (χ3n) is 8.21. The predicted octanol–water partition coefficient (Wildman–Crippen LogP) is 4.02. The summed E-state index contributed by atoms with van der Waals surface area (Å²) in [6.45, 7) is 6.53. The number of hydrogen-bond acceptors (Lipinski definition) is 5. The van der Waals surface area contributed by atoms with Gasteiger partial charge >= 0.3 is 0 Å². The Morgan fingerprint density at radius 1 is 0.828 bits per heavy atom. The highest BCUT2D eigenvalue weighted by molar-refractivity contribution is 5.81. The van der Waals surface area contributed by atoms with E-state index in [1.807, 2.05) is 0 Å². The van der Waals surface area contributed by atoms with Gasteiger partial charge in [-0.15, -0.1) is 0 Å². The third-order valence-corrected chi connectivity index (χ3v) is 8.21. The molecule has 0 bridgehead atoms. The zero-order chi connectivity index (χ0) is 21.7. The van der Waals surface area contributed by atoms with E-state index in [2.05, 4.69) is 20.8 Å². The standard InChI is InChI=1S/C24H48N4O/c1-4-5-6-7-8-9-10-21(29)22(19-11-13-23(25,26)17(2)15-19)20-12-14-24(27,28)18(3)16-20/h17-20,22H,4-16,25-28H2,1-3H3. The Labute approximate surface area is 179 Å². The summed E-state index contributed by atoms with van der Waals surface area (Å²) in [7, 11) is 0. The van der Waals surface area contributed by atoms with E-state index in [9.17, 15) is 4.79 Å². The molecule has 2 aliphatic rings. The number of unbranched alkanes of at least 4 members (excludes halogenated alkanes) is 5. The molecule has 4 atom stereocenters. The molecule has 8 N–H and O–H groups in total. The second kappa shape index (κ2) is 10.7. The molecule has 2 saturated carbocycles. The third kappa shape index (κ3) is 6.75. The van der Waals surface area contributed by atoms with E-state index in [4.69, 9.17) is 22.9 Å². The van der Waals surface area contributed by atoms with Crippen molar-refractivity contribution in [1.82, 2.24) is 0 Å². The Morgan fingerprint density at radius 3 is 1.72 bits per heavy atom. The van der Waals surface area contributed by atoms with Gasteiger partial charge in [0.05, 0.1) is 11.3 Å². The topological polar surface area (TPSA) is 121 Å². The number of Topliss-reactive ketones (excluding diaryl/α,β-unsaturated/α-hetero) is 1. The summed E-state index contributed by atoms with van der Waals surface area (Å²) in [4.78, 5) is 13.4. The summed E-state index contributed by atoms with van der Waals surface area (Å²) in [5.74, 6) is 1.89. The summed E-state index contributed by atoms with van der Waals surface area (Å²) < 4.78 is 0. The van der Waals surface area contributed by atoms with E-state index in [1.54, 1.807) is 0 Å². The maximum Gasteiger partial charge on any atom is 0.136 e. The Bertz CT molecular complexity index is 487. The summed E-state index contributed by atoms with van der Waals surface area (Å²) in [6.07, 6.45) is 13.5. The van der Waals surface area contributed by atoms with E-state index in [1.165, 1.54) is 32.1 Å². The minimum atomic E-state index is -0.590. The van der Waals surface area contributed by atoms with Crippen LogP contribution in [0.15, 0.2) is 0 Å². The molecule has 0 saturated heterocycles. The van der Waals surface area contributed by atoms with Gasteiger partial charge < -0.3 is 22.9 Å². The van der Waals surface area contributed by atoms with Crippen molar-refractivity contribution < 1.29 is 4.79 Å². The molecule has 29 heavy (non-hydrogen) atoms. The van der Waals surface area contributed by atoms with E-state index in [0.29, 0.717) is 17.6 Å². The van der Waals surface area contributed by atoms with Crippen LogP contribution in [-0.4, -0.2) is 17.1 Å². The Kier molecular flexibility index (Phi) is 9.14. The predicted molar refractivity (Wildman–Crippen MR) is 122 cm³/mol. The average molecular weight is 409 g/mol. The lowest BCUT2D eigenvalue weighted by atomic mass is 9.61. The van der Waals surface area contributed by atoms with Gasteiger partial charge in [0.15, 0.2) is 0 Å². The van der Waals surface area contributed by atoms with Crippen molar-refractivity contribution in [2.24, 2.45) is 52.5 Å². The van der Waals surface area contributed by atoms with Crippen LogP contribution in [0.4, 0.5) is 0 Å². The molecular formula is C24H48N4O. The van der Waals surface area contributed by atoms with Gasteiger partial charge in [-0.05, 0) is 68.6 Å². The first-order chi connectivity index (χ1) is 13.6. The lowest BCUT2D eigenvalue weighted by Crippen LogP contribution is -2.59. The molecule has 2 rings (SSSR count). The van der Waals surface area contributed by atoms with Crippen LogP contribution in [0, 0.1) is 29.6 Å². The van der Waals surface area contributed by atoms with Crippen molar-refractivity contribution in [1.29, 1.82) is 0 Å². The molecule has 0 spiro atoms. The van der Waals surface area contributed by atoms with Crippen LogP contribution in [-0.2, 0) is 4.79 Å². The van der Waals surface area contributed by atoms with Crippen LogP contribution >= 0.6 is 0 Å². The lowest BCUT2D eigenvalue weighted by Gasteiger charge is -2.47. The van der Waals surface area contributed by atoms with E-state index < -0.39 is 11.3 Å². The van der Waals surface area contributed by atoms with E-state index >= 15 is 0 Å². The first kappa shape index (κ1) is 24.8. The smallest absolute Gasteiger partial charge is 0.136 e. The van der Waals surface area contributed by atoms with Crippen LogP contribution in [0.5, 0.6) is 0 Å². The van der Waals surface area contributed by atoms with Gasteiger partial charge in [0, 0.05) is 12.3 Å². The van der Waals surface area contributed by atoms with Gasteiger partial charge in [0.25, 0.3) is 0 Å². The molecule has 4 unspecified atom stereocenters. The first-order valence-corrected chi connectivity index (χ1v) is 12.3. The molecular weight excluding hydrogens is 360 g/mol. The molecule has 0 aromatic carbocycles. The zero-order valence-corrected chi connectivity index (χ0v) is 19.3.